The second-order valence-electron chi connectivity index (χ2n) is 4.60. The van der Waals surface area contributed by atoms with Gasteiger partial charge in [0.2, 0.25) is 0 Å². The van der Waals surface area contributed by atoms with Gasteiger partial charge in [0.05, 0.1) is 0 Å². The molecule has 23 heavy (non-hydrogen) atoms. The smallest absolute Gasteiger partial charge is 0.422 e. The van der Waals surface area contributed by atoms with Crippen molar-refractivity contribution >= 4 is 21.6 Å². The zero-order valence-corrected chi connectivity index (χ0v) is 16.9. The molecule has 0 amide bonds. The molecule has 121 valence electrons. The summed E-state index contributed by atoms with van der Waals surface area (Å²) in [5, 5.41) is 0. The summed E-state index contributed by atoms with van der Waals surface area (Å²) in [6.07, 6.45) is 0.579. The Morgan fingerprint density at radius 1 is 1.26 bits per heavy atom. The number of benzene rings is 1. The molecule has 1 heterocycles. The molecular weight excluding hydrogens is 448 g/mol. The second kappa shape index (κ2) is 8.49. The number of hydrogen-bond donors (Lipinski definition) is 0. The summed E-state index contributed by atoms with van der Waals surface area (Å²) >= 11 is 3.40. The molecule has 0 atom stereocenters. The van der Waals surface area contributed by atoms with Gasteiger partial charge in [-0.2, -0.15) is 25.3 Å². The minimum atomic E-state index is -4.34. The Hall–Kier alpha value is -0.586. The zero-order chi connectivity index (χ0) is 16.3. The van der Waals surface area contributed by atoms with E-state index in [0.29, 0.717) is 6.54 Å². The van der Waals surface area contributed by atoms with Crippen LogP contribution in [0.1, 0.15) is 12.5 Å². The van der Waals surface area contributed by atoms with Crippen molar-refractivity contribution in [3.05, 3.63) is 58.7 Å². The molecule has 0 N–H and O–H groups in total. The van der Waals surface area contributed by atoms with Gasteiger partial charge < -0.3 is 9.64 Å². The van der Waals surface area contributed by atoms with E-state index in [4.69, 9.17) is 4.74 Å². The molecule has 2 nitrogen and oxygen atoms in total. The molecular formula is C16H14BrF3NOY-. The maximum atomic E-state index is 12.1. The summed E-state index contributed by atoms with van der Waals surface area (Å²) in [7, 11) is 0. The number of halogens is 4. The number of likely N-dealkylation sites (N-methyl/N-ethyl adjacent to an activating group) is 1. The van der Waals surface area contributed by atoms with Gasteiger partial charge in [-0.15, -0.1) is 28.1 Å². The van der Waals surface area contributed by atoms with Crippen LogP contribution in [0.25, 0.3) is 5.70 Å². The minimum absolute atomic E-state index is 0. The minimum Gasteiger partial charge on any atom is -0.484 e. The first kappa shape index (κ1) is 20.5. The predicted octanol–water partition coefficient (Wildman–Crippen LogP) is 4.90. The fourth-order valence-electron chi connectivity index (χ4n) is 2.02. The monoisotopic (exact) mass is 461 g/mol. The number of nitrogens with zero attached hydrogens (tertiary/aromatic N) is 1. The summed E-state index contributed by atoms with van der Waals surface area (Å²) in [5.74, 6) is 0.177. The Morgan fingerprint density at radius 3 is 2.39 bits per heavy atom. The summed E-state index contributed by atoms with van der Waals surface area (Å²) in [4.78, 5) is 1.97. The van der Waals surface area contributed by atoms with E-state index in [-0.39, 0.29) is 38.5 Å². The van der Waals surface area contributed by atoms with Crippen LogP contribution < -0.4 is 4.74 Å². The molecule has 0 bridgehead atoms. The fraction of sp³-hybridized carbons (Fsp3) is 0.250. The number of rotatable bonds is 4. The van der Waals surface area contributed by atoms with Crippen molar-refractivity contribution in [2.24, 2.45) is 0 Å². The average molecular weight is 462 g/mol. The van der Waals surface area contributed by atoms with Crippen molar-refractivity contribution in [3.63, 3.8) is 0 Å². The van der Waals surface area contributed by atoms with Crippen molar-refractivity contribution in [1.82, 2.24) is 4.90 Å². The molecule has 1 aliphatic heterocycles. The fourth-order valence-corrected chi connectivity index (χ4v) is 2.35. The molecule has 1 radical (unpaired) electrons. The van der Waals surface area contributed by atoms with E-state index in [1.54, 1.807) is 18.2 Å². The SMILES string of the molecule is C=C1C(Br)=C[C-]=C(c2ccc(OCC(F)(F)F)cc2)N1CC.[Y]. The van der Waals surface area contributed by atoms with E-state index >= 15 is 0 Å². The Balaban J connectivity index is 0.00000264. The molecule has 0 saturated heterocycles. The maximum absolute atomic E-state index is 12.1. The van der Waals surface area contributed by atoms with Crippen LogP contribution in [0.2, 0.25) is 0 Å². The number of ether oxygens (including phenoxy) is 1. The first-order chi connectivity index (χ1) is 10.3. The van der Waals surface area contributed by atoms with Gasteiger partial charge in [0, 0.05) is 39.3 Å². The van der Waals surface area contributed by atoms with Crippen LogP contribution in [0.4, 0.5) is 13.2 Å². The standard InChI is InChI=1S/C16H14BrF3NO.Y/c1-3-21-11(2)14(17)8-9-15(21)12-4-6-13(7-5-12)22-10-16(18,19)20;/h4-8H,2-3,10H2,1H3;/q-1;. The van der Waals surface area contributed by atoms with Crippen molar-refractivity contribution in [1.29, 1.82) is 0 Å². The van der Waals surface area contributed by atoms with Gasteiger partial charge in [-0.3, -0.25) is 0 Å². The quantitative estimate of drug-likeness (QED) is 0.591. The van der Waals surface area contributed by atoms with Crippen LogP contribution in [0, 0.1) is 6.08 Å². The molecule has 1 aliphatic rings. The van der Waals surface area contributed by atoms with Crippen LogP contribution >= 0.6 is 15.9 Å². The van der Waals surface area contributed by atoms with Gasteiger partial charge >= 0.3 is 6.18 Å². The van der Waals surface area contributed by atoms with Crippen LogP contribution in [-0.2, 0) is 32.7 Å². The number of alkyl halides is 3. The van der Waals surface area contributed by atoms with Crippen molar-refractivity contribution < 1.29 is 50.6 Å². The Kier molecular flexibility index (Phi) is 7.55. The molecule has 0 saturated carbocycles. The number of allylic oxidation sites excluding steroid dienone is 3. The number of hydrogen-bond acceptors (Lipinski definition) is 2. The summed E-state index contributed by atoms with van der Waals surface area (Å²) in [6.45, 7) is 5.39. The summed E-state index contributed by atoms with van der Waals surface area (Å²) in [6, 6.07) is 6.44. The topological polar surface area (TPSA) is 12.5 Å². The van der Waals surface area contributed by atoms with E-state index in [9.17, 15) is 13.2 Å². The van der Waals surface area contributed by atoms with Crippen LogP contribution in [0.15, 0.2) is 47.1 Å². The first-order valence-electron chi connectivity index (χ1n) is 6.58. The van der Waals surface area contributed by atoms with E-state index in [1.165, 1.54) is 12.1 Å². The van der Waals surface area contributed by atoms with Crippen molar-refractivity contribution in [3.8, 4) is 5.75 Å². The molecule has 1 aromatic rings. The summed E-state index contributed by atoms with van der Waals surface area (Å²) in [5.41, 5.74) is 2.46. The van der Waals surface area contributed by atoms with Crippen molar-refractivity contribution in [2.45, 2.75) is 13.1 Å². The third-order valence-corrected chi connectivity index (χ3v) is 3.74. The van der Waals surface area contributed by atoms with Gasteiger partial charge in [-0.1, -0.05) is 22.3 Å². The zero-order valence-electron chi connectivity index (χ0n) is 12.5. The van der Waals surface area contributed by atoms with E-state index in [2.05, 4.69) is 28.6 Å². The van der Waals surface area contributed by atoms with Crippen molar-refractivity contribution in [2.75, 3.05) is 13.2 Å². The van der Waals surface area contributed by atoms with E-state index in [1.807, 2.05) is 11.8 Å². The van der Waals surface area contributed by atoms with E-state index in [0.717, 1.165) is 21.4 Å². The molecule has 1 aromatic carbocycles. The second-order valence-corrected chi connectivity index (χ2v) is 5.46. The van der Waals surface area contributed by atoms with Gasteiger partial charge in [0.1, 0.15) is 5.75 Å². The first-order valence-corrected chi connectivity index (χ1v) is 7.37. The average Bonchev–Trinajstić information content (AvgIpc) is 2.47. The predicted molar refractivity (Wildman–Crippen MR) is 83.2 cm³/mol. The normalized spacial score (nSPS) is 14.8. The van der Waals surface area contributed by atoms with E-state index < -0.39 is 12.8 Å². The van der Waals surface area contributed by atoms with Gasteiger partial charge in [0.25, 0.3) is 0 Å². The van der Waals surface area contributed by atoms with Crippen LogP contribution in [0.5, 0.6) is 5.75 Å². The third kappa shape index (κ3) is 5.47. The van der Waals surface area contributed by atoms with Gasteiger partial charge in [-0.05, 0) is 24.8 Å². The van der Waals surface area contributed by atoms with Crippen LogP contribution in [-0.4, -0.2) is 24.2 Å². The maximum Gasteiger partial charge on any atom is 0.422 e. The Bertz CT molecular complexity index is 623. The molecule has 7 heteroatoms. The molecule has 0 fully saturated rings. The molecule has 2 rings (SSSR count). The molecule has 0 spiro atoms. The molecule has 0 aliphatic carbocycles. The van der Waals surface area contributed by atoms with Crippen LogP contribution in [0.3, 0.4) is 0 Å². The Morgan fingerprint density at radius 2 is 1.87 bits per heavy atom. The largest absolute Gasteiger partial charge is 0.484 e. The molecule has 0 unspecified atom stereocenters. The third-order valence-electron chi connectivity index (χ3n) is 3.05. The molecule has 0 aromatic heterocycles. The Labute approximate surface area is 167 Å². The van der Waals surface area contributed by atoms with Gasteiger partial charge in [-0.25, -0.2) is 0 Å². The summed E-state index contributed by atoms with van der Waals surface area (Å²) < 4.78 is 41.9. The van der Waals surface area contributed by atoms with Gasteiger partial charge in [0.15, 0.2) is 6.61 Å².